The van der Waals surface area contributed by atoms with E-state index < -0.39 is 0 Å². The van der Waals surface area contributed by atoms with Crippen LogP contribution in [0.15, 0.2) is 23.2 Å². The van der Waals surface area contributed by atoms with E-state index in [-0.39, 0.29) is 30.1 Å². The third-order valence-electron chi connectivity index (χ3n) is 4.98. The van der Waals surface area contributed by atoms with Crippen LogP contribution < -0.4 is 20.1 Å². The topological polar surface area (TPSA) is 73.3 Å². The highest BCUT2D eigenvalue weighted by molar-refractivity contribution is 14.0. The van der Waals surface area contributed by atoms with Crippen molar-refractivity contribution in [3.05, 3.63) is 23.8 Å². The van der Waals surface area contributed by atoms with Crippen molar-refractivity contribution in [1.29, 1.82) is 0 Å². The van der Waals surface area contributed by atoms with E-state index >= 15 is 0 Å². The van der Waals surface area contributed by atoms with Crippen LogP contribution in [0.25, 0.3) is 0 Å². The fraction of sp³-hybridized carbons (Fsp3) is 0.682. The second-order valence-electron chi connectivity index (χ2n) is 7.14. The zero-order valence-corrected chi connectivity index (χ0v) is 20.9. The molecule has 2 rings (SSSR count). The van der Waals surface area contributed by atoms with E-state index in [1.165, 1.54) is 12.8 Å². The molecular formula is C22H38IN3O4. The van der Waals surface area contributed by atoms with E-state index in [1.807, 2.05) is 12.1 Å². The van der Waals surface area contributed by atoms with E-state index in [4.69, 9.17) is 18.9 Å². The Labute approximate surface area is 198 Å². The van der Waals surface area contributed by atoms with Crippen molar-refractivity contribution < 1.29 is 18.9 Å². The van der Waals surface area contributed by atoms with E-state index in [9.17, 15) is 0 Å². The molecule has 1 aliphatic rings. The largest absolute Gasteiger partial charge is 0.493 e. The summed E-state index contributed by atoms with van der Waals surface area (Å²) < 4.78 is 22.3. The van der Waals surface area contributed by atoms with E-state index in [0.29, 0.717) is 19.8 Å². The number of aliphatic imine (C=N–C) groups is 1. The molecule has 30 heavy (non-hydrogen) atoms. The second kappa shape index (κ2) is 16.4. The van der Waals surface area contributed by atoms with Crippen LogP contribution in [0.3, 0.4) is 0 Å². The second-order valence-corrected chi connectivity index (χ2v) is 7.14. The van der Waals surface area contributed by atoms with Gasteiger partial charge in [0.15, 0.2) is 17.5 Å². The predicted molar refractivity (Wildman–Crippen MR) is 131 cm³/mol. The number of unbranched alkanes of at least 4 members (excludes halogenated alkanes) is 1. The number of para-hydroxylation sites is 1. The highest BCUT2D eigenvalue weighted by atomic mass is 127. The van der Waals surface area contributed by atoms with Crippen molar-refractivity contribution in [3.63, 3.8) is 0 Å². The molecule has 1 aliphatic carbocycles. The summed E-state index contributed by atoms with van der Waals surface area (Å²) in [6.45, 7) is 3.52. The lowest BCUT2D eigenvalue weighted by molar-refractivity contribution is 0.0689. The zero-order valence-electron chi connectivity index (χ0n) is 18.6. The van der Waals surface area contributed by atoms with Crippen LogP contribution in [-0.4, -0.2) is 59.7 Å². The molecule has 8 heteroatoms. The van der Waals surface area contributed by atoms with Crippen molar-refractivity contribution in [2.24, 2.45) is 4.99 Å². The number of halogens is 1. The van der Waals surface area contributed by atoms with Crippen LogP contribution in [0.1, 0.15) is 44.1 Å². The fourth-order valence-electron chi connectivity index (χ4n) is 3.35. The molecule has 1 aromatic carbocycles. The van der Waals surface area contributed by atoms with Crippen LogP contribution in [-0.2, 0) is 16.0 Å². The number of hydrogen-bond donors (Lipinski definition) is 2. The molecule has 0 amide bonds. The number of ether oxygens (including phenoxy) is 4. The van der Waals surface area contributed by atoms with Gasteiger partial charge in [0, 0.05) is 39.4 Å². The summed E-state index contributed by atoms with van der Waals surface area (Å²) in [6, 6.07) is 6.02. The van der Waals surface area contributed by atoms with Crippen molar-refractivity contribution in [2.75, 3.05) is 47.6 Å². The summed E-state index contributed by atoms with van der Waals surface area (Å²) in [7, 11) is 5.15. The van der Waals surface area contributed by atoms with E-state index in [2.05, 4.69) is 21.7 Å². The molecule has 1 fully saturated rings. The van der Waals surface area contributed by atoms with Crippen LogP contribution in [0, 0.1) is 0 Å². The highest BCUT2D eigenvalue weighted by Crippen LogP contribution is 2.34. The molecule has 0 aliphatic heterocycles. The average Bonchev–Trinajstić information content (AvgIpc) is 3.26. The molecule has 1 saturated carbocycles. The van der Waals surface area contributed by atoms with Gasteiger partial charge in [0.05, 0.1) is 26.4 Å². The van der Waals surface area contributed by atoms with Gasteiger partial charge in [-0.3, -0.25) is 4.99 Å². The monoisotopic (exact) mass is 535 g/mol. The Bertz CT molecular complexity index is 610. The maximum atomic E-state index is 6.30. The minimum atomic E-state index is 0. The lowest BCUT2D eigenvalue weighted by Gasteiger charge is -2.20. The molecule has 0 atom stereocenters. The number of benzene rings is 1. The Morgan fingerprint density at radius 2 is 1.87 bits per heavy atom. The van der Waals surface area contributed by atoms with Crippen LogP contribution in [0.5, 0.6) is 11.5 Å². The Balaban J connectivity index is 0.00000450. The average molecular weight is 535 g/mol. The first-order valence-corrected chi connectivity index (χ1v) is 10.6. The number of rotatable bonds is 13. The molecular weight excluding hydrogens is 497 g/mol. The minimum Gasteiger partial charge on any atom is -0.493 e. The van der Waals surface area contributed by atoms with Gasteiger partial charge in [0.2, 0.25) is 0 Å². The zero-order chi connectivity index (χ0) is 20.7. The van der Waals surface area contributed by atoms with Gasteiger partial charge in [-0.2, -0.15) is 0 Å². The molecule has 0 spiro atoms. The Hall–Kier alpha value is -1.26. The SMILES string of the molecule is CN=C(NCCCCOCCOC)NCc1cccc(OC)c1OC1CCCC1.I. The van der Waals surface area contributed by atoms with Gasteiger partial charge in [-0.05, 0) is 44.6 Å². The third-order valence-corrected chi connectivity index (χ3v) is 4.98. The van der Waals surface area contributed by atoms with Crippen molar-refractivity contribution in [1.82, 2.24) is 10.6 Å². The quantitative estimate of drug-likeness (QED) is 0.174. The first kappa shape index (κ1) is 26.8. The first-order valence-electron chi connectivity index (χ1n) is 10.6. The molecule has 7 nitrogen and oxygen atoms in total. The number of nitrogens with one attached hydrogen (secondary N) is 2. The summed E-state index contributed by atoms with van der Waals surface area (Å²) in [5.74, 6) is 2.41. The van der Waals surface area contributed by atoms with E-state index in [0.717, 1.165) is 61.9 Å². The van der Waals surface area contributed by atoms with Crippen molar-refractivity contribution in [3.8, 4) is 11.5 Å². The summed E-state index contributed by atoms with van der Waals surface area (Å²) in [5.41, 5.74) is 1.07. The molecule has 0 bridgehead atoms. The summed E-state index contributed by atoms with van der Waals surface area (Å²) in [6.07, 6.45) is 7.01. The number of nitrogens with zero attached hydrogens (tertiary/aromatic N) is 1. The Morgan fingerprint density at radius 3 is 2.57 bits per heavy atom. The van der Waals surface area contributed by atoms with Gasteiger partial charge < -0.3 is 29.6 Å². The summed E-state index contributed by atoms with van der Waals surface area (Å²) in [4.78, 5) is 4.31. The van der Waals surface area contributed by atoms with Crippen LogP contribution >= 0.6 is 24.0 Å². The minimum absolute atomic E-state index is 0. The summed E-state index contributed by atoms with van der Waals surface area (Å²) in [5, 5.41) is 6.73. The maximum absolute atomic E-state index is 6.30. The standard InChI is InChI=1S/C22H37N3O4.HI/c1-23-22(24-13-6-7-14-28-16-15-26-2)25-17-18-9-8-12-20(27-3)21(18)29-19-10-4-5-11-19;/h8-9,12,19H,4-7,10-11,13-17H2,1-3H3,(H2,23,24,25);1H. The fourth-order valence-corrected chi connectivity index (χ4v) is 3.35. The van der Waals surface area contributed by atoms with Gasteiger partial charge >= 0.3 is 0 Å². The van der Waals surface area contributed by atoms with Gasteiger partial charge in [-0.25, -0.2) is 0 Å². The van der Waals surface area contributed by atoms with Crippen molar-refractivity contribution >= 4 is 29.9 Å². The highest BCUT2D eigenvalue weighted by Gasteiger charge is 2.20. The van der Waals surface area contributed by atoms with Gasteiger partial charge in [0.1, 0.15) is 0 Å². The normalized spacial score (nSPS) is 14.3. The Morgan fingerprint density at radius 1 is 1.07 bits per heavy atom. The molecule has 1 aromatic rings. The van der Waals surface area contributed by atoms with Crippen LogP contribution in [0.2, 0.25) is 0 Å². The number of hydrogen-bond acceptors (Lipinski definition) is 5. The number of guanidine groups is 1. The Kier molecular flexibility index (Phi) is 14.7. The molecule has 0 saturated heterocycles. The van der Waals surface area contributed by atoms with Crippen molar-refractivity contribution in [2.45, 2.75) is 51.2 Å². The van der Waals surface area contributed by atoms with E-state index in [1.54, 1.807) is 21.3 Å². The summed E-state index contributed by atoms with van der Waals surface area (Å²) >= 11 is 0. The van der Waals surface area contributed by atoms with Gasteiger partial charge in [-0.1, -0.05) is 12.1 Å². The molecule has 0 unspecified atom stereocenters. The lowest BCUT2D eigenvalue weighted by atomic mass is 10.1. The molecule has 0 aromatic heterocycles. The smallest absolute Gasteiger partial charge is 0.191 e. The van der Waals surface area contributed by atoms with Gasteiger partial charge in [-0.15, -0.1) is 24.0 Å². The number of methoxy groups -OCH3 is 2. The molecule has 172 valence electrons. The lowest BCUT2D eigenvalue weighted by Crippen LogP contribution is -2.37. The third kappa shape index (κ3) is 9.70. The van der Waals surface area contributed by atoms with Gasteiger partial charge in [0.25, 0.3) is 0 Å². The first-order chi connectivity index (χ1) is 14.3. The molecule has 0 heterocycles. The predicted octanol–water partition coefficient (Wildman–Crippen LogP) is 3.74. The molecule has 0 radical (unpaired) electrons. The molecule has 2 N–H and O–H groups in total. The van der Waals surface area contributed by atoms with Crippen LogP contribution in [0.4, 0.5) is 0 Å². The maximum Gasteiger partial charge on any atom is 0.191 e.